The first-order valence-corrected chi connectivity index (χ1v) is 6.66. The third kappa shape index (κ3) is 3.49. The van der Waals surface area contributed by atoms with E-state index in [1.165, 1.54) is 0 Å². The Kier molecular flexibility index (Phi) is 4.45. The van der Waals surface area contributed by atoms with Gasteiger partial charge in [-0.2, -0.15) is 0 Å². The van der Waals surface area contributed by atoms with Crippen molar-refractivity contribution in [2.75, 3.05) is 17.7 Å². The zero-order valence-electron chi connectivity index (χ0n) is 11.0. The fourth-order valence-corrected chi connectivity index (χ4v) is 1.76. The second-order valence-corrected chi connectivity index (χ2v) is 4.74. The molecule has 0 aliphatic heterocycles. The van der Waals surface area contributed by atoms with E-state index in [2.05, 4.69) is 10.3 Å². The Balaban J connectivity index is 2.15. The molecular formula is C14H17ClN2O2. The number of aromatic nitrogens is 1. The Hall–Kier alpha value is -1.52. The normalized spacial score (nSPS) is 12.4. The summed E-state index contributed by atoms with van der Waals surface area (Å²) >= 11 is 5.55. The maximum atomic E-state index is 9.42. The van der Waals surface area contributed by atoms with E-state index in [1.54, 1.807) is 0 Å². The number of alkyl halides is 1. The van der Waals surface area contributed by atoms with Gasteiger partial charge in [0.15, 0.2) is 0 Å². The largest absolute Gasteiger partial charge is 0.441 e. The molecule has 1 aromatic carbocycles. The van der Waals surface area contributed by atoms with Crippen LogP contribution < -0.4 is 5.32 Å². The fourth-order valence-electron chi connectivity index (χ4n) is 1.65. The number of nitrogens with zero attached hydrogens (tertiary/aromatic N) is 1. The highest BCUT2D eigenvalue weighted by molar-refractivity contribution is 6.18. The van der Waals surface area contributed by atoms with Crippen molar-refractivity contribution in [2.45, 2.75) is 20.0 Å². The molecule has 5 heteroatoms. The van der Waals surface area contributed by atoms with Gasteiger partial charge in [-0.15, -0.1) is 11.6 Å². The number of rotatable bonds is 5. The number of aliphatic hydroxyl groups excluding tert-OH is 1. The van der Waals surface area contributed by atoms with Gasteiger partial charge in [0.1, 0.15) is 5.76 Å². The zero-order valence-corrected chi connectivity index (χ0v) is 11.7. The average Bonchev–Trinajstić information content (AvgIpc) is 2.76. The van der Waals surface area contributed by atoms with Gasteiger partial charge in [-0.1, -0.05) is 6.07 Å². The molecule has 1 aromatic heterocycles. The quantitative estimate of drug-likeness (QED) is 0.827. The molecule has 4 nitrogen and oxygen atoms in total. The summed E-state index contributed by atoms with van der Waals surface area (Å²) in [5.74, 6) is 1.65. The molecule has 2 N–H and O–H groups in total. The average molecular weight is 281 g/mol. The van der Waals surface area contributed by atoms with E-state index in [0.29, 0.717) is 12.4 Å². The first-order valence-electron chi connectivity index (χ1n) is 6.12. The lowest BCUT2D eigenvalue weighted by atomic mass is 10.2. The second-order valence-electron chi connectivity index (χ2n) is 4.43. The highest BCUT2D eigenvalue weighted by Crippen LogP contribution is 2.23. The Morgan fingerprint density at radius 2 is 2.21 bits per heavy atom. The summed E-state index contributed by atoms with van der Waals surface area (Å²) < 4.78 is 5.59. The molecule has 0 radical (unpaired) electrons. The third-order valence-corrected chi connectivity index (χ3v) is 3.21. The van der Waals surface area contributed by atoms with Gasteiger partial charge in [0.05, 0.1) is 17.7 Å². The minimum atomic E-state index is -0.559. The molecule has 1 unspecified atom stereocenters. The zero-order chi connectivity index (χ0) is 13.8. The van der Waals surface area contributed by atoms with Crippen molar-refractivity contribution >= 4 is 17.3 Å². The van der Waals surface area contributed by atoms with Gasteiger partial charge in [0.25, 0.3) is 0 Å². The molecule has 0 saturated carbocycles. The maximum absolute atomic E-state index is 9.42. The Labute approximate surface area is 117 Å². The van der Waals surface area contributed by atoms with Crippen LogP contribution in [-0.2, 0) is 0 Å². The van der Waals surface area contributed by atoms with Crippen LogP contribution in [0.1, 0.15) is 11.5 Å². The Morgan fingerprint density at radius 1 is 1.42 bits per heavy atom. The van der Waals surface area contributed by atoms with Crippen molar-refractivity contribution in [3.63, 3.8) is 0 Å². The van der Waals surface area contributed by atoms with Crippen LogP contribution in [0.5, 0.6) is 0 Å². The molecule has 0 bridgehead atoms. The smallest absolute Gasteiger partial charge is 0.226 e. The summed E-state index contributed by atoms with van der Waals surface area (Å²) in [4.78, 5) is 4.37. The van der Waals surface area contributed by atoms with Gasteiger partial charge < -0.3 is 14.8 Å². The number of oxazole rings is 1. The van der Waals surface area contributed by atoms with E-state index in [4.69, 9.17) is 16.0 Å². The molecule has 0 spiro atoms. The molecular weight excluding hydrogens is 264 g/mol. The van der Waals surface area contributed by atoms with Gasteiger partial charge in [-0.05, 0) is 32.0 Å². The van der Waals surface area contributed by atoms with E-state index in [-0.39, 0.29) is 5.88 Å². The molecule has 102 valence electrons. The number of hydrogen-bond donors (Lipinski definition) is 2. The molecule has 2 rings (SSSR count). The molecule has 0 aliphatic carbocycles. The molecule has 0 aliphatic rings. The van der Waals surface area contributed by atoms with Crippen LogP contribution in [-0.4, -0.2) is 28.6 Å². The van der Waals surface area contributed by atoms with Crippen molar-refractivity contribution in [2.24, 2.45) is 0 Å². The number of aryl methyl sites for hydroxylation is 2. The van der Waals surface area contributed by atoms with Crippen LogP contribution in [0.4, 0.5) is 5.69 Å². The lowest BCUT2D eigenvalue weighted by Gasteiger charge is -2.10. The maximum Gasteiger partial charge on any atom is 0.226 e. The third-order valence-electron chi connectivity index (χ3n) is 2.86. The van der Waals surface area contributed by atoms with Crippen LogP contribution in [0.25, 0.3) is 11.5 Å². The number of benzene rings is 1. The highest BCUT2D eigenvalue weighted by Gasteiger charge is 2.09. The number of anilines is 1. The van der Waals surface area contributed by atoms with E-state index >= 15 is 0 Å². The summed E-state index contributed by atoms with van der Waals surface area (Å²) in [5, 5.41) is 12.5. The van der Waals surface area contributed by atoms with Gasteiger partial charge in [0.2, 0.25) is 5.89 Å². The second kappa shape index (κ2) is 6.08. The molecule has 0 saturated heterocycles. The predicted octanol–water partition coefficient (Wildman–Crippen LogP) is 2.97. The van der Waals surface area contributed by atoms with Crippen LogP contribution in [0, 0.1) is 13.8 Å². The number of hydrogen-bond acceptors (Lipinski definition) is 4. The van der Waals surface area contributed by atoms with E-state index < -0.39 is 6.10 Å². The standard InChI is InChI=1S/C14H17ClN2O2/c1-9-10(2)19-14(17-9)11-4-3-5-12(6-11)16-8-13(18)7-15/h3-6,13,16,18H,7-8H2,1-2H3. The van der Waals surface area contributed by atoms with Crippen molar-refractivity contribution < 1.29 is 9.52 Å². The fraction of sp³-hybridized carbons (Fsp3) is 0.357. The SMILES string of the molecule is Cc1nc(-c2cccc(NCC(O)CCl)c2)oc1C. The molecule has 2 aromatic rings. The minimum absolute atomic E-state index is 0.213. The Morgan fingerprint density at radius 3 is 2.84 bits per heavy atom. The minimum Gasteiger partial charge on any atom is -0.441 e. The van der Waals surface area contributed by atoms with Gasteiger partial charge in [-0.3, -0.25) is 0 Å². The lowest BCUT2D eigenvalue weighted by Crippen LogP contribution is -2.20. The van der Waals surface area contributed by atoms with Gasteiger partial charge in [-0.25, -0.2) is 4.98 Å². The topological polar surface area (TPSA) is 58.3 Å². The summed E-state index contributed by atoms with van der Waals surface area (Å²) in [6.07, 6.45) is -0.559. The molecule has 1 heterocycles. The van der Waals surface area contributed by atoms with E-state index in [9.17, 15) is 5.11 Å². The first kappa shape index (κ1) is 13.9. The predicted molar refractivity (Wildman–Crippen MR) is 76.6 cm³/mol. The van der Waals surface area contributed by atoms with E-state index in [1.807, 2.05) is 38.1 Å². The van der Waals surface area contributed by atoms with Crippen molar-refractivity contribution in [3.8, 4) is 11.5 Å². The Bertz CT molecular complexity index is 535. The lowest BCUT2D eigenvalue weighted by molar-refractivity contribution is 0.211. The number of halogens is 1. The highest BCUT2D eigenvalue weighted by atomic mass is 35.5. The van der Waals surface area contributed by atoms with Crippen molar-refractivity contribution in [1.82, 2.24) is 4.98 Å². The van der Waals surface area contributed by atoms with Crippen molar-refractivity contribution in [1.29, 1.82) is 0 Å². The summed E-state index contributed by atoms with van der Waals surface area (Å²) in [5.41, 5.74) is 2.70. The summed E-state index contributed by atoms with van der Waals surface area (Å²) in [6, 6.07) is 7.71. The molecule has 0 fully saturated rings. The van der Waals surface area contributed by atoms with Crippen molar-refractivity contribution in [3.05, 3.63) is 35.7 Å². The van der Waals surface area contributed by atoms with E-state index in [0.717, 1.165) is 22.7 Å². The monoisotopic (exact) mass is 280 g/mol. The molecule has 19 heavy (non-hydrogen) atoms. The summed E-state index contributed by atoms with van der Waals surface area (Å²) in [6.45, 7) is 4.22. The van der Waals surface area contributed by atoms with Gasteiger partial charge in [0, 0.05) is 17.8 Å². The molecule has 1 atom stereocenters. The van der Waals surface area contributed by atoms with Gasteiger partial charge >= 0.3 is 0 Å². The van der Waals surface area contributed by atoms with Crippen LogP contribution in [0.2, 0.25) is 0 Å². The van der Waals surface area contributed by atoms with Crippen LogP contribution in [0.3, 0.4) is 0 Å². The van der Waals surface area contributed by atoms with Crippen LogP contribution >= 0.6 is 11.6 Å². The molecule has 0 amide bonds. The summed E-state index contributed by atoms with van der Waals surface area (Å²) in [7, 11) is 0. The van der Waals surface area contributed by atoms with Crippen LogP contribution in [0.15, 0.2) is 28.7 Å². The number of aliphatic hydroxyl groups is 1. The number of nitrogens with one attached hydrogen (secondary N) is 1. The first-order chi connectivity index (χ1) is 9.10.